The molecule has 1 heterocycles. The summed E-state index contributed by atoms with van der Waals surface area (Å²) >= 11 is 0. The van der Waals surface area contributed by atoms with Crippen molar-refractivity contribution in [2.75, 3.05) is 4.90 Å². The van der Waals surface area contributed by atoms with Gasteiger partial charge >= 0.3 is 0 Å². The van der Waals surface area contributed by atoms with Crippen LogP contribution in [0.3, 0.4) is 0 Å². The Bertz CT molecular complexity index is 3200. The Hall–Kier alpha value is -6.90. The summed E-state index contributed by atoms with van der Waals surface area (Å²) in [4.78, 5) is 2.75. The van der Waals surface area contributed by atoms with Gasteiger partial charge in [-0.1, -0.05) is 170 Å². The van der Waals surface area contributed by atoms with Crippen LogP contribution in [0.15, 0.2) is 212 Å². The van der Waals surface area contributed by atoms with Crippen molar-refractivity contribution in [3.8, 4) is 16.8 Å². The number of hydrogen-bond donors (Lipinski definition) is 0. The summed E-state index contributed by atoms with van der Waals surface area (Å²) in [7, 11) is 0. The van der Waals surface area contributed by atoms with Crippen molar-refractivity contribution >= 4 is 65.5 Å². The summed E-state index contributed by atoms with van der Waals surface area (Å²) in [5.74, 6) is 1.74. The molecular weight excluding hydrogens is 701 g/mol. The van der Waals surface area contributed by atoms with Gasteiger partial charge in [-0.15, -0.1) is 0 Å². The predicted molar refractivity (Wildman–Crippen MR) is 246 cm³/mol. The van der Waals surface area contributed by atoms with Gasteiger partial charge in [-0.05, 0) is 105 Å². The van der Waals surface area contributed by atoms with E-state index in [4.69, 9.17) is 0 Å². The van der Waals surface area contributed by atoms with E-state index in [9.17, 15) is 0 Å². The van der Waals surface area contributed by atoms with Crippen molar-refractivity contribution < 1.29 is 0 Å². The maximum atomic E-state index is 2.75. The van der Waals surface area contributed by atoms with Crippen molar-refractivity contribution in [2.24, 2.45) is 23.7 Å². The molecule has 276 valence electrons. The molecule has 2 heteroatoms. The van der Waals surface area contributed by atoms with Gasteiger partial charge in [-0.2, -0.15) is 0 Å². The molecule has 0 radical (unpaired) electrons. The van der Waals surface area contributed by atoms with Crippen LogP contribution in [0.4, 0.5) is 11.4 Å². The number of nitrogens with zero attached hydrogens (tertiary/aromatic N) is 2. The van der Waals surface area contributed by atoms with Gasteiger partial charge in [0.15, 0.2) is 0 Å². The van der Waals surface area contributed by atoms with E-state index in [1.165, 1.54) is 82.3 Å². The van der Waals surface area contributed by atoms with Gasteiger partial charge in [-0.3, -0.25) is 0 Å². The molecule has 12 rings (SSSR count). The second-order valence-corrected chi connectivity index (χ2v) is 16.4. The number of benzene rings is 8. The zero-order valence-electron chi connectivity index (χ0n) is 32.2. The highest BCUT2D eigenvalue weighted by Gasteiger charge is 2.44. The lowest BCUT2D eigenvalue weighted by molar-refractivity contribution is 0.187. The van der Waals surface area contributed by atoms with Crippen LogP contribution in [0.25, 0.3) is 70.9 Å². The summed E-state index contributed by atoms with van der Waals surface area (Å²) < 4.78 is 2.45. The first kappa shape index (κ1) is 33.3. The van der Waals surface area contributed by atoms with Gasteiger partial charge in [-0.25, -0.2) is 0 Å². The van der Waals surface area contributed by atoms with E-state index in [2.05, 4.69) is 222 Å². The molecule has 0 amide bonds. The van der Waals surface area contributed by atoms with E-state index < -0.39 is 0 Å². The average molecular weight is 743 g/mol. The molecule has 9 aromatic rings. The number of allylic oxidation sites excluding steroid dienone is 7. The van der Waals surface area contributed by atoms with E-state index >= 15 is 0 Å². The number of hydrogen-bond acceptors (Lipinski definition) is 1. The highest BCUT2D eigenvalue weighted by Crippen LogP contribution is 2.51. The van der Waals surface area contributed by atoms with Crippen LogP contribution < -0.4 is 4.90 Å². The van der Waals surface area contributed by atoms with Crippen LogP contribution in [0.2, 0.25) is 0 Å². The first-order chi connectivity index (χ1) is 28.8. The van der Waals surface area contributed by atoms with Crippen LogP contribution in [-0.4, -0.2) is 10.6 Å². The zero-order chi connectivity index (χ0) is 38.2. The first-order valence-corrected chi connectivity index (χ1v) is 20.8. The van der Waals surface area contributed by atoms with Gasteiger partial charge in [0.2, 0.25) is 0 Å². The number of anilines is 2. The fraction of sp³-hybridized carbons (Fsp3) is 0.107. The van der Waals surface area contributed by atoms with E-state index in [-0.39, 0.29) is 6.04 Å². The SMILES string of the molecule is C1=CC2C[C@H](N(c3cccc(-c4c5ccccc5cc5c4c4ccccc4n5-c4ccccc4)c3)c3cc4ccccc4c4ccccc34)C3C=CC=CC3C2C=C1. The number of aromatic nitrogens is 1. The third-order valence-electron chi connectivity index (χ3n) is 13.4. The minimum atomic E-state index is 0.232. The fourth-order valence-corrected chi connectivity index (χ4v) is 10.9. The molecule has 3 aliphatic carbocycles. The maximum absolute atomic E-state index is 2.75. The molecule has 3 aliphatic rings. The molecule has 0 bridgehead atoms. The topological polar surface area (TPSA) is 8.17 Å². The molecule has 1 saturated carbocycles. The second-order valence-electron chi connectivity index (χ2n) is 16.4. The van der Waals surface area contributed by atoms with Crippen LogP contribution in [0.1, 0.15) is 6.42 Å². The van der Waals surface area contributed by atoms with E-state index in [0.717, 1.165) is 6.42 Å². The molecule has 0 aliphatic heterocycles. The lowest BCUT2D eigenvalue weighted by atomic mass is 9.61. The minimum Gasteiger partial charge on any atom is -0.337 e. The molecule has 0 N–H and O–H groups in total. The largest absolute Gasteiger partial charge is 0.337 e. The first-order valence-electron chi connectivity index (χ1n) is 20.8. The van der Waals surface area contributed by atoms with E-state index in [1.54, 1.807) is 0 Å². The minimum absolute atomic E-state index is 0.232. The Morgan fingerprint density at radius 1 is 0.448 bits per heavy atom. The van der Waals surface area contributed by atoms with Crippen molar-refractivity contribution in [1.82, 2.24) is 4.57 Å². The smallest absolute Gasteiger partial charge is 0.0553 e. The molecule has 2 nitrogen and oxygen atoms in total. The molecule has 4 unspecified atom stereocenters. The van der Waals surface area contributed by atoms with Crippen LogP contribution in [0, 0.1) is 23.7 Å². The number of rotatable bonds is 5. The lowest BCUT2D eigenvalue weighted by Gasteiger charge is -2.50. The van der Waals surface area contributed by atoms with Crippen molar-refractivity contribution in [3.63, 3.8) is 0 Å². The van der Waals surface area contributed by atoms with Crippen molar-refractivity contribution in [2.45, 2.75) is 12.5 Å². The number of fused-ring (bicyclic) bond motifs is 10. The van der Waals surface area contributed by atoms with Gasteiger partial charge in [0.1, 0.15) is 0 Å². The van der Waals surface area contributed by atoms with Crippen LogP contribution >= 0.6 is 0 Å². The molecule has 5 atom stereocenters. The van der Waals surface area contributed by atoms with Crippen molar-refractivity contribution in [1.29, 1.82) is 0 Å². The van der Waals surface area contributed by atoms with Crippen molar-refractivity contribution in [3.05, 3.63) is 212 Å². The standard InChI is InChI=1S/C56H42N2/c1-2-21-41(22-3-1)57-51-32-15-14-31-50(51)56-54(57)36-39-19-6-9-26-45(39)55(56)40-20-16-23-42(33-40)58(52-34-37-17-4-7-24-43(37)46-27-10-12-29-48(46)52)53-35-38-18-5-8-25-44(38)47-28-11-13-30-49(47)53/h1-34,36,38,44,47,49,53H,35H2/t38?,44?,47?,49?,53-/m0/s1. The summed E-state index contributed by atoms with van der Waals surface area (Å²) in [6, 6.07) is 61.3. The summed E-state index contributed by atoms with van der Waals surface area (Å²) in [6.45, 7) is 0. The Morgan fingerprint density at radius 2 is 1.09 bits per heavy atom. The summed E-state index contributed by atoms with van der Waals surface area (Å²) in [5.41, 5.74) is 8.63. The van der Waals surface area contributed by atoms with Gasteiger partial charge in [0, 0.05) is 45.2 Å². The summed E-state index contributed by atoms with van der Waals surface area (Å²) in [6.07, 6.45) is 20.1. The molecule has 1 aromatic heterocycles. The van der Waals surface area contributed by atoms with Gasteiger partial charge < -0.3 is 9.47 Å². The lowest BCUT2D eigenvalue weighted by Crippen LogP contribution is -2.49. The Balaban J connectivity index is 1.14. The Kier molecular flexibility index (Phi) is 7.66. The molecule has 1 fully saturated rings. The third-order valence-corrected chi connectivity index (χ3v) is 13.4. The normalized spacial score (nSPS) is 20.9. The predicted octanol–water partition coefficient (Wildman–Crippen LogP) is 14.5. The molecular formula is C56H42N2. The maximum Gasteiger partial charge on any atom is 0.0553 e. The van der Waals surface area contributed by atoms with Crippen LogP contribution in [0.5, 0.6) is 0 Å². The third kappa shape index (κ3) is 5.11. The van der Waals surface area contributed by atoms with Crippen LogP contribution in [-0.2, 0) is 0 Å². The van der Waals surface area contributed by atoms with Gasteiger partial charge in [0.05, 0.1) is 11.0 Å². The highest BCUT2D eigenvalue weighted by atomic mass is 15.2. The molecule has 8 aromatic carbocycles. The quantitative estimate of drug-likeness (QED) is 0.159. The molecule has 58 heavy (non-hydrogen) atoms. The second kappa shape index (κ2) is 13.4. The average Bonchev–Trinajstić information content (AvgIpc) is 3.62. The highest BCUT2D eigenvalue weighted by molar-refractivity contribution is 6.23. The van der Waals surface area contributed by atoms with Gasteiger partial charge in [0.25, 0.3) is 0 Å². The zero-order valence-corrected chi connectivity index (χ0v) is 32.2. The van der Waals surface area contributed by atoms with E-state index in [0.29, 0.717) is 23.7 Å². The molecule has 0 saturated heterocycles. The Labute approximate surface area is 339 Å². The fourth-order valence-electron chi connectivity index (χ4n) is 10.9. The Morgan fingerprint density at radius 3 is 1.91 bits per heavy atom. The number of para-hydroxylation sites is 2. The van der Waals surface area contributed by atoms with E-state index in [1.807, 2.05) is 0 Å². The molecule has 0 spiro atoms. The monoisotopic (exact) mass is 742 g/mol. The summed E-state index contributed by atoms with van der Waals surface area (Å²) in [5, 5.41) is 10.2.